The summed E-state index contributed by atoms with van der Waals surface area (Å²) in [7, 11) is 3.51. The molecule has 0 aliphatic rings. The summed E-state index contributed by atoms with van der Waals surface area (Å²) in [5.41, 5.74) is 1.28. The van der Waals surface area contributed by atoms with Gasteiger partial charge in [-0.3, -0.25) is 0 Å². The van der Waals surface area contributed by atoms with E-state index >= 15 is 0 Å². The standard InChI is InChI=1S/C17H29NO2/c1-5-10-18-12-16(14(2)13-19-3)11-15-8-6-7-9-17(15)20-4/h6-9,14,16,18H,5,10-13H2,1-4H3. The Balaban J connectivity index is 2.71. The van der Waals surface area contributed by atoms with Crippen LogP contribution in [-0.4, -0.2) is 33.9 Å². The predicted molar refractivity (Wildman–Crippen MR) is 84.4 cm³/mol. The fraction of sp³-hybridized carbons (Fsp3) is 0.647. The largest absolute Gasteiger partial charge is 0.496 e. The predicted octanol–water partition coefficient (Wildman–Crippen LogP) is 3.14. The normalized spacial score (nSPS) is 14.0. The molecule has 0 radical (unpaired) electrons. The van der Waals surface area contributed by atoms with Gasteiger partial charge < -0.3 is 14.8 Å². The van der Waals surface area contributed by atoms with Crippen molar-refractivity contribution in [1.29, 1.82) is 0 Å². The van der Waals surface area contributed by atoms with E-state index in [-0.39, 0.29) is 0 Å². The minimum absolute atomic E-state index is 0.522. The maximum atomic E-state index is 5.46. The summed E-state index contributed by atoms with van der Waals surface area (Å²) in [6.07, 6.45) is 2.19. The first kappa shape index (κ1) is 17.0. The molecule has 1 aromatic rings. The maximum Gasteiger partial charge on any atom is 0.122 e. The molecule has 0 heterocycles. The van der Waals surface area contributed by atoms with Crippen molar-refractivity contribution in [2.24, 2.45) is 11.8 Å². The van der Waals surface area contributed by atoms with Crippen LogP contribution in [0.25, 0.3) is 0 Å². The first-order valence-electron chi connectivity index (χ1n) is 7.54. The molecule has 0 spiro atoms. The molecule has 1 aromatic carbocycles. The van der Waals surface area contributed by atoms with Crippen LogP contribution in [-0.2, 0) is 11.2 Å². The molecule has 114 valence electrons. The molecule has 1 N–H and O–H groups in total. The average molecular weight is 279 g/mol. The van der Waals surface area contributed by atoms with E-state index in [0.717, 1.165) is 31.9 Å². The van der Waals surface area contributed by atoms with Crippen molar-refractivity contribution in [3.05, 3.63) is 29.8 Å². The first-order valence-corrected chi connectivity index (χ1v) is 7.54. The quantitative estimate of drug-likeness (QED) is 0.667. The Labute approximate surface area is 123 Å². The van der Waals surface area contributed by atoms with Gasteiger partial charge in [0.15, 0.2) is 0 Å². The van der Waals surface area contributed by atoms with Gasteiger partial charge in [0.25, 0.3) is 0 Å². The average Bonchev–Trinajstić information content (AvgIpc) is 2.47. The SMILES string of the molecule is CCCNCC(Cc1ccccc1OC)C(C)COC. The van der Waals surface area contributed by atoms with Crippen molar-refractivity contribution in [2.45, 2.75) is 26.7 Å². The Morgan fingerprint density at radius 1 is 1.20 bits per heavy atom. The number of rotatable bonds is 10. The van der Waals surface area contributed by atoms with E-state index in [1.54, 1.807) is 14.2 Å². The highest BCUT2D eigenvalue weighted by Gasteiger charge is 2.19. The van der Waals surface area contributed by atoms with E-state index in [0.29, 0.717) is 11.8 Å². The van der Waals surface area contributed by atoms with Crippen LogP contribution >= 0.6 is 0 Å². The fourth-order valence-corrected chi connectivity index (χ4v) is 2.49. The van der Waals surface area contributed by atoms with Gasteiger partial charge in [-0.15, -0.1) is 0 Å². The lowest BCUT2D eigenvalue weighted by atomic mass is 9.88. The number of benzene rings is 1. The molecule has 1 rings (SSSR count). The monoisotopic (exact) mass is 279 g/mol. The van der Waals surface area contributed by atoms with E-state index in [1.165, 1.54) is 12.0 Å². The third kappa shape index (κ3) is 5.51. The molecule has 0 fully saturated rings. The van der Waals surface area contributed by atoms with Crippen molar-refractivity contribution in [3.63, 3.8) is 0 Å². The summed E-state index contributed by atoms with van der Waals surface area (Å²) in [5, 5.41) is 3.54. The van der Waals surface area contributed by atoms with Crippen molar-refractivity contribution < 1.29 is 9.47 Å². The number of hydrogen-bond donors (Lipinski definition) is 1. The minimum Gasteiger partial charge on any atom is -0.496 e. The highest BCUT2D eigenvalue weighted by molar-refractivity contribution is 5.33. The molecular formula is C17H29NO2. The van der Waals surface area contributed by atoms with E-state index in [1.807, 2.05) is 12.1 Å². The van der Waals surface area contributed by atoms with Gasteiger partial charge >= 0.3 is 0 Å². The van der Waals surface area contributed by atoms with Gasteiger partial charge in [-0.2, -0.15) is 0 Å². The number of hydrogen-bond acceptors (Lipinski definition) is 3. The number of nitrogens with one attached hydrogen (secondary N) is 1. The van der Waals surface area contributed by atoms with Gasteiger partial charge in [0.1, 0.15) is 5.75 Å². The van der Waals surface area contributed by atoms with E-state index < -0.39 is 0 Å². The summed E-state index contributed by atoms with van der Waals surface area (Å²) in [6.45, 7) is 7.35. The first-order chi connectivity index (χ1) is 9.72. The zero-order valence-electron chi connectivity index (χ0n) is 13.3. The van der Waals surface area contributed by atoms with Gasteiger partial charge in [-0.1, -0.05) is 32.0 Å². The van der Waals surface area contributed by atoms with Crippen LogP contribution in [0.1, 0.15) is 25.8 Å². The van der Waals surface area contributed by atoms with Crippen LogP contribution in [0.3, 0.4) is 0 Å². The molecule has 0 aromatic heterocycles. The topological polar surface area (TPSA) is 30.5 Å². The molecule has 0 amide bonds. The zero-order valence-corrected chi connectivity index (χ0v) is 13.3. The van der Waals surface area contributed by atoms with Crippen molar-refractivity contribution >= 4 is 0 Å². The molecular weight excluding hydrogens is 250 g/mol. The lowest BCUT2D eigenvalue weighted by Gasteiger charge is -2.25. The van der Waals surface area contributed by atoms with Gasteiger partial charge in [0.05, 0.1) is 7.11 Å². The van der Waals surface area contributed by atoms with Crippen molar-refractivity contribution in [2.75, 3.05) is 33.9 Å². The number of ether oxygens (including phenoxy) is 2. The lowest BCUT2D eigenvalue weighted by molar-refractivity contribution is 0.128. The van der Waals surface area contributed by atoms with Crippen LogP contribution in [0.5, 0.6) is 5.75 Å². The van der Waals surface area contributed by atoms with E-state index in [9.17, 15) is 0 Å². The highest BCUT2D eigenvalue weighted by atomic mass is 16.5. The third-order valence-corrected chi connectivity index (χ3v) is 3.74. The van der Waals surface area contributed by atoms with E-state index in [2.05, 4.69) is 31.3 Å². The van der Waals surface area contributed by atoms with Gasteiger partial charge in [0.2, 0.25) is 0 Å². The second kappa shape index (κ2) is 9.78. The lowest BCUT2D eigenvalue weighted by Crippen LogP contribution is -2.31. The fourth-order valence-electron chi connectivity index (χ4n) is 2.49. The van der Waals surface area contributed by atoms with Gasteiger partial charge in [-0.25, -0.2) is 0 Å². The summed E-state index contributed by atoms with van der Waals surface area (Å²) in [4.78, 5) is 0. The molecule has 3 heteroatoms. The molecule has 0 saturated carbocycles. The third-order valence-electron chi connectivity index (χ3n) is 3.74. The maximum absolute atomic E-state index is 5.46. The Morgan fingerprint density at radius 3 is 2.60 bits per heavy atom. The second-order valence-corrected chi connectivity index (χ2v) is 5.41. The summed E-state index contributed by atoms with van der Waals surface area (Å²) < 4.78 is 10.8. The molecule has 0 aliphatic heterocycles. The molecule has 0 bridgehead atoms. The smallest absolute Gasteiger partial charge is 0.122 e. The summed E-state index contributed by atoms with van der Waals surface area (Å²) in [5.74, 6) is 2.06. The Bertz CT molecular complexity index is 368. The van der Waals surface area contributed by atoms with Gasteiger partial charge in [-0.05, 0) is 49.4 Å². The minimum atomic E-state index is 0.522. The van der Waals surface area contributed by atoms with Crippen LogP contribution in [0.4, 0.5) is 0 Å². The van der Waals surface area contributed by atoms with Crippen LogP contribution in [0.2, 0.25) is 0 Å². The molecule has 3 nitrogen and oxygen atoms in total. The highest BCUT2D eigenvalue weighted by Crippen LogP contribution is 2.24. The van der Waals surface area contributed by atoms with E-state index in [4.69, 9.17) is 9.47 Å². The second-order valence-electron chi connectivity index (χ2n) is 5.41. The molecule has 20 heavy (non-hydrogen) atoms. The van der Waals surface area contributed by atoms with Crippen molar-refractivity contribution in [1.82, 2.24) is 5.32 Å². The summed E-state index contributed by atoms with van der Waals surface area (Å²) >= 11 is 0. The zero-order chi connectivity index (χ0) is 14.8. The van der Waals surface area contributed by atoms with Crippen LogP contribution < -0.4 is 10.1 Å². The molecule has 2 atom stereocenters. The van der Waals surface area contributed by atoms with Crippen LogP contribution in [0, 0.1) is 11.8 Å². The Kier molecular flexibility index (Phi) is 8.31. The van der Waals surface area contributed by atoms with Crippen LogP contribution in [0.15, 0.2) is 24.3 Å². The Hall–Kier alpha value is -1.06. The van der Waals surface area contributed by atoms with Gasteiger partial charge in [0, 0.05) is 13.7 Å². The number of para-hydroxylation sites is 1. The molecule has 0 aliphatic carbocycles. The molecule has 0 saturated heterocycles. The number of methoxy groups -OCH3 is 2. The Morgan fingerprint density at radius 2 is 1.95 bits per heavy atom. The van der Waals surface area contributed by atoms with Crippen molar-refractivity contribution in [3.8, 4) is 5.75 Å². The molecule has 2 unspecified atom stereocenters. The summed E-state index contributed by atoms with van der Waals surface area (Å²) in [6, 6.07) is 8.29.